The predicted octanol–water partition coefficient (Wildman–Crippen LogP) is 5.31. The summed E-state index contributed by atoms with van der Waals surface area (Å²) in [6, 6.07) is 7.72. The Morgan fingerprint density at radius 1 is 0.808 bits per heavy atom. The highest BCUT2D eigenvalue weighted by molar-refractivity contribution is 7.93. The van der Waals surface area contributed by atoms with E-state index < -0.39 is 39.1 Å². The smallest absolute Gasteiger partial charge is 0.224 e. The van der Waals surface area contributed by atoms with Crippen molar-refractivity contribution in [3.05, 3.63) is 76.2 Å². The van der Waals surface area contributed by atoms with E-state index in [1.807, 2.05) is 0 Å². The van der Waals surface area contributed by atoms with E-state index in [1.54, 1.807) is 0 Å². The van der Waals surface area contributed by atoms with Crippen molar-refractivity contribution in [2.45, 2.75) is 18.1 Å². The maximum Gasteiger partial charge on any atom is 0.416 e. The average molecular weight is 394 g/mol. The lowest BCUT2D eigenvalue weighted by Crippen LogP contribution is -2.07. The van der Waals surface area contributed by atoms with E-state index in [9.17, 15) is 34.8 Å². The lowest BCUT2D eigenvalue weighted by atomic mass is 10.1. The lowest BCUT2D eigenvalue weighted by molar-refractivity contribution is -0.138. The molecule has 0 N–H and O–H groups in total. The number of hydrogen-bond donors (Lipinski definition) is 0. The van der Waals surface area contributed by atoms with Gasteiger partial charge in [-0.1, -0.05) is 30.3 Å². The van der Waals surface area contributed by atoms with Crippen molar-refractivity contribution in [3.8, 4) is 0 Å². The van der Waals surface area contributed by atoms with Gasteiger partial charge in [0.15, 0.2) is 9.84 Å². The zero-order valence-electron chi connectivity index (χ0n) is 13.0. The lowest BCUT2D eigenvalue weighted by Gasteiger charge is -2.08. The summed E-state index contributed by atoms with van der Waals surface area (Å²) in [5.74, 6) is -0.659. The summed E-state index contributed by atoms with van der Waals surface area (Å²) in [5.41, 5.74) is -1.67. The SMILES string of the molecule is O=S(=O)(C=Cc1ccc(C(F)(F)F)cc1)Cc1cccc(C(F)(F)F)c1. The Balaban J connectivity index is 2.15. The maximum absolute atomic E-state index is 12.6. The minimum atomic E-state index is -4.59. The predicted molar refractivity (Wildman–Crippen MR) is 84.5 cm³/mol. The van der Waals surface area contributed by atoms with Gasteiger partial charge < -0.3 is 0 Å². The van der Waals surface area contributed by atoms with Crippen LogP contribution in [0.4, 0.5) is 26.3 Å². The van der Waals surface area contributed by atoms with Gasteiger partial charge in [0.05, 0.1) is 16.9 Å². The fourth-order valence-electron chi connectivity index (χ4n) is 2.08. The van der Waals surface area contributed by atoms with Gasteiger partial charge >= 0.3 is 12.4 Å². The molecule has 0 radical (unpaired) electrons. The molecule has 0 aliphatic heterocycles. The van der Waals surface area contributed by atoms with E-state index in [-0.39, 0.29) is 11.1 Å². The van der Waals surface area contributed by atoms with Crippen molar-refractivity contribution in [2.24, 2.45) is 0 Å². The van der Waals surface area contributed by atoms with Gasteiger partial charge in [0, 0.05) is 5.41 Å². The molecule has 2 aromatic carbocycles. The number of halogens is 6. The highest BCUT2D eigenvalue weighted by Crippen LogP contribution is 2.30. The van der Waals surface area contributed by atoms with Gasteiger partial charge in [0.25, 0.3) is 0 Å². The molecule has 0 saturated carbocycles. The van der Waals surface area contributed by atoms with E-state index in [0.717, 1.165) is 53.9 Å². The van der Waals surface area contributed by atoms with E-state index in [0.29, 0.717) is 0 Å². The van der Waals surface area contributed by atoms with Crippen molar-refractivity contribution in [1.82, 2.24) is 0 Å². The van der Waals surface area contributed by atoms with Crippen LogP contribution in [-0.2, 0) is 27.9 Å². The quantitative estimate of drug-likeness (QED) is 0.659. The van der Waals surface area contributed by atoms with Crippen LogP contribution >= 0.6 is 0 Å². The number of sulfone groups is 1. The zero-order chi connectivity index (χ0) is 19.6. The first-order valence-corrected chi connectivity index (χ1v) is 8.83. The van der Waals surface area contributed by atoms with Gasteiger partial charge in [-0.2, -0.15) is 26.3 Å². The van der Waals surface area contributed by atoms with Crippen LogP contribution in [0.25, 0.3) is 6.08 Å². The van der Waals surface area contributed by atoms with Gasteiger partial charge in [0.1, 0.15) is 0 Å². The third kappa shape index (κ3) is 5.62. The summed E-state index contributed by atoms with van der Waals surface area (Å²) in [6.07, 6.45) is -8.00. The van der Waals surface area contributed by atoms with Crippen LogP contribution < -0.4 is 0 Å². The van der Waals surface area contributed by atoms with Gasteiger partial charge in [-0.25, -0.2) is 8.42 Å². The molecule has 9 heteroatoms. The molecule has 0 saturated heterocycles. The molecule has 0 aliphatic carbocycles. The summed E-state index contributed by atoms with van der Waals surface area (Å²) in [4.78, 5) is 0. The molecule has 140 valence electrons. The van der Waals surface area contributed by atoms with Crippen molar-refractivity contribution in [2.75, 3.05) is 0 Å². The second kappa shape index (κ2) is 7.14. The first-order valence-electron chi connectivity index (χ1n) is 7.11. The van der Waals surface area contributed by atoms with Crippen LogP contribution in [0.15, 0.2) is 53.9 Å². The van der Waals surface area contributed by atoms with E-state index in [1.165, 1.54) is 6.07 Å². The Labute approximate surface area is 145 Å². The molecular weight excluding hydrogens is 382 g/mol. The van der Waals surface area contributed by atoms with Crippen LogP contribution in [0, 0.1) is 0 Å². The van der Waals surface area contributed by atoms with Crippen molar-refractivity contribution < 1.29 is 34.8 Å². The molecule has 2 aromatic rings. The highest BCUT2D eigenvalue weighted by Gasteiger charge is 2.31. The maximum atomic E-state index is 12.6. The third-order valence-electron chi connectivity index (χ3n) is 3.33. The van der Waals surface area contributed by atoms with E-state index >= 15 is 0 Å². The minimum absolute atomic E-state index is 0.0445. The van der Waals surface area contributed by atoms with Gasteiger partial charge in [-0.05, 0) is 35.4 Å². The largest absolute Gasteiger partial charge is 0.416 e. The molecule has 0 aliphatic rings. The molecule has 0 heterocycles. The van der Waals surface area contributed by atoms with Crippen LogP contribution in [0.5, 0.6) is 0 Å². The second-order valence-corrected chi connectivity index (χ2v) is 7.31. The van der Waals surface area contributed by atoms with Crippen LogP contribution in [0.2, 0.25) is 0 Å². The van der Waals surface area contributed by atoms with Gasteiger partial charge in [-0.3, -0.25) is 0 Å². The molecule has 0 aromatic heterocycles. The fraction of sp³-hybridized carbons (Fsp3) is 0.176. The summed E-state index contributed by atoms with van der Waals surface area (Å²) in [6.45, 7) is 0. The Morgan fingerprint density at radius 2 is 1.38 bits per heavy atom. The molecule has 0 amide bonds. The monoisotopic (exact) mass is 394 g/mol. The summed E-state index contributed by atoms with van der Waals surface area (Å²) >= 11 is 0. The normalized spacial score (nSPS) is 13.3. The van der Waals surface area contributed by atoms with Gasteiger partial charge in [0.2, 0.25) is 0 Å². The Bertz CT molecular complexity index is 894. The van der Waals surface area contributed by atoms with Crippen LogP contribution in [0.1, 0.15) is 22.3 Å². The van der Waals surface area contributed by atoms with E-state index in [2.05, 4.69) is 0 Å². The fourth-order valence-corrected chi connectivity index (χ4v) is 3.19. The zero-order valence-corrected chi connectivity index (χ0v) is 13.8. The Hall–Kier alpha value is -2.29. The van der Waals surface area contributed by atoms with Crippen LogP contribution in [-0.4, -0.2) is 8.42 Å². The molecule has 26 heavy (non-hydrogen) atoms. The summed E-state index contributed by atoms with van der Waals surface area (Å²) < 4.78 is 99.3. The summed E-state index contributed by atoms with van der Waals surface area (Å²) in [5, 5.41) is 0.760. The standard InChI is InChI=1S/C17H12F6O2S/c18-16(19,20)14-6-4-12(5-7-14)8-9-26(24,25)11-13-2-1-3-15(10-13)17(21,22)23/h1-10H,11H2. The van der Waals surface area contributed by atoms with Crippen LogP contribution in [0.3, 0.4) is 0 Å². The van der Waals surface area contributed by atoms with Crippen molar-refractivity contribution in [1.29, 1.82) is 0 Å². The molecule has 0 fully saturated rings. The molecular formula is C17H12F6O2S. The topological polar surface area (TPSA) is 34.1 Å². The number of alkyl halides is 6. The number of benzene rings is 2. The van der Waals surface area contributed by atoms with E-state index in [4.69, 9.17) is 0 Å². The molecule has 0 unspecified atom stereocenters. The van der Waals surface area contributed by atoms with Gasteiger partial charge in [-0.15, -0.1) is 0 Å². The number of rotatable bonds is 4. The Kier molecular flexibility index (Phi) is 5.50. The minimum Gasteiger partial charge on any atom is -0.224 e. The average Bonchev–Trinajstić information content (AvgIpc) is 2.52. The molecule has 0 bridgehead atoms. The summed E-state index contributed by atoms with van der Waals surface area (Å²) in [7, 11) is -3.90. The third-order valence-corrected chi connectivity index (χ3v) is 4.61. The Morgan fingerprint density at radius 3 is 1.92 bits per heavy atom. The van der Waals surface area contributed by atoms with Crippen molar-refractivity contribution >= 4 is 15.9 Å². The first-order chi connectivity index (χ1) is 11.9. The molecule has 0 spiro atoms. The molecule has 2 nitrogen and oxygen atoms in total. The second-order valence-electron chi connectivity index (χ2n) is 5.43. The first kappa shape index (κ1) is 20.0. The highest BCUT2D eigenvalue weighted by atomic mass is 32.2. The number of hydrogen-bond acceptors (Lipinski definition) is 2. The van der Waals surface area contributed by atoms with Crippen molar-refractivity contribution in [3.63, 3.8) is 0 Å². The molecule has 0 atom stereocenters. The molecule has 2 rings (SSSR count).